The molecule has 1 aromatic carbocycles. The first kappa shape index (κ1) is 12.4. The summed E-state index contributed by atoms with van der Waals surface area (Å²) < 4.78 is 0.929. The highest BCUT2D eigenvalue weighted by atomic mass is 79.9. The van der Waals surface area contributed by atoms with Crippen LogP contribution in [0.1, 0.15) is 30.4 Å². The van der Waals surface area contributed by atoms with Crippen molar-refractivity contribution < 1.29 is 4.79 Å². The van der Waals surface area contributed by atoms with Crippen molar-refractivity contribution in [2.45, 2.75) is 39.2 Å². The van der Waals surface area contributed by atoms with Crippen molar-refractivity contribution in [2.75, 3.05) is 5.32 Å². The summed E-state index contributed by atoms with van der Waals surface area (Å²) in [5.41, 5.74) is 3.10. The van der Waals surface area contributed by atoms with Gasteiger partial charge in [-0.3, -0.25) is 0 Å². The summed E-state index contributed by atoms with van der Waals surface area (Å²) in [5, 5.41) is 5.87. The van der Waals surface area contributed by atoms with Gasteiger partial charge in [0.25, 0.3) is 0 Å². The summed E-state index contributed by atoms with van der Waals surface area (Å²) in [4.78, 5) is 11.8. The summed E-state index contributed by atoms with van der Waals surface area (Å²) >= 11 is 3.48. The Morgan fingerprint density at radius 3 is 2.59 bits per heavy atom. The monoisotopic (exact) mass is 296 g/mol. The lowest BCUT2D eigenvalue weighted by molar-refractivity contribution is 0.240. The minimum atomic E-state index is -0.109. The maximum atomic E-state index is 11.8. The molecule has 0 unspecified atom stereocenters. The number of amides is 2. The molecule has 1 fully saturated rings. The maximum Gasteiger partial charge on any atom is 0.319 e. The highest BCUT2D eigenvalue weighted by molar-refractivity contribution is 9.10. The van der Waals surface area contributed by atoms with Gasteiger partial charge in [0, 0.05) is 10.5 Å². The van der Waals surface area contributed by atoms with Crippen molar-refractivity contribution in [3.63, 3.8) is 0 Å². The number of benzene rings is 1. The predicted octanol–water partition coefficient (Wildman–Crippen LogP) is 3.74. The molecule has 0 bridgehead atoms. The van der Waals surface area contributed by atoms with E-state index >= 15 is 0 Å². The topological polar surface area (TPSA) is 41.1 Å². The second kappa shape index (κ2) is 5.08. The molecule has 92 valence electrons. The van der Waals surface area contributed by atoms with Gasteiger partial charge in [-0.25, -0.2) is 4.79 Å². The Hall–Kier alpha value is -1.03. The second-order valence-electron chi connectivity index (χ2n) is 4.66. The quantitative estimate of drug-likeness (QED) is 0.858. The third-order valence-electron chi connectivity index (χ3n) is 3.11. The van der Waals surface area contributed by atoms with Gasteiger partial charge in [-0.2, -0.15) is 0 Å². The van der Waals surface area contributed by atoms with Gasteiger partial charge in [0.1, 0.15) is 0 Å². The fourth-order valence-corrected chi connectivity index (χ4v) is 2.73. The number of hydrogen-bond acceptors (Lipinski definition) is 1. The van der Waals surface area contributed by atoms with E-state index in [9.17, 15) is 4.79 Å². The van der Waals surface area contributed by atoms with Crippen LogP contribution in [0.3, 0.4) is 0 Å². The maximum absolute atomic E-state index is 11.8. The van der Waals surface area contributed by atoms with E-state index in [1.165, 1.54) is 12.0 Å². The number of carbonyl (C=O) groups is 1. The Morgan fingerprint density at radius 1 is 1.35 bits per heavy atom. The summed E-state index contributed by atoms with van der Waals surface area (Å²) in [6, 6.07) is 4.32. The number of carbonyl (C=O) groups excluding carboxylic acids is 1. The molecule has 1 aromatic rings. The number of anilines is 1. The lowest BCUT2D eigenvalue weighted by atomic mass is 9.93. The average Bonchev–Trinajstić information content (AvgIpc) is 2.17. The standard InChI is InChI=1S/C13H17BrN2O/c1-8-6-9(2)12(11(14)7-8)16-13(17)15-10-4-3-5-10/h6-7,10H,3-5H2,1-2H3,(H2,15,16,17). The number of aryl methyl sites for hydroxylation is 2. The van der Waals surface area contributed by atoms with Crippen LogP contribution >= 0.6 is 15.9 Å². The van der Waals surface area contributed by atoms with Crippen molar-refractivity contribution in [1.82, 2.24) is 5.32 Å². The van der Waals surface area contributed by atoms with E-state index < -0.39 is 0 Å². The van der Waals surface area contributed by atoms with Crippen LogP contribution in [0.25, 0.3) is 0 Å². The molecular weight excluding hydrogens is 280 g/mol. The fraction of sp³-hybridized carbons (Fsp3) is 0.462. The molecule has 3 nitrogen and oxygen atoms in total. The zero-order valence-corrected chi connectivity index (χ0v) is 11.7. The van der Waals surface area contributed by atoms with Crippen molar-refractivity contribution >= 4 is 27.6 Å². The molecule has 1 aliphatic rings. The SMILES string of the molecule is Cc1cc(C)c(NC(=O)NC2CCC2)c(Br)c1. The van der Waals surface area contributed by atoms with Crippen LogP contribution in [0.2, 0.25) is 0 Å². The molecule has 0 aliphatic heterocycles. The Labute approximate surface area is 110 Å². The number of nitrogens with one attached hydrogen (secondary N) is 2. The van der Waals surface area contributed by atoms with Crippen LogP contribution in [0, 0.1) is 13.8 Å². The molecule has 1 saturated carbocycles. The molecule has 2 N–H and O–H groups in total. The molecule has 0 radical (unpaired) electrons. The Kier molecular flexibility index (Phi) is 3.72. The minimum absolute atomic E-state index is 0.109. The lowest BCUT2D eigenvalue weighted by Gasteiger charge is -2.26. The smallest absolute Gasteiger partial charge is 0.319 e. The van der Waals surface area contributed by atoms with Crippen molar-refractivity contribution in [3.8, 4) is 0 Å². The molecule has 0 saturated heterocycles. The first-order chi connectivity index (χ1) is 8.06. The normalized spacial score (nSPS) is 15.2. The number of hydrogen-bond donors (Lipinski definition) is 2. The fourth-order valence-electron chi connectivity index (χ4n) is 1.96. The van der Waals surface area contributed by atoms with Crippen LogP contribution < -0.4 is 10.6 Å². The van der Waals surface area contributed by atoms with E-state index in [4.69, 9.17) is 0 Å². The molecule has 17 heavy (non-hydrogen) atoms. The summed E-state index contributed by atoms with van der Waals surface area (Å²) in [6.07, 6.45) is 3.42. The highest BCUT2D eigenvalue weighted by Crippen LogP contribution is 2.28. The predicted molar refractivity (Wildman–Crippen MR) is 73.4 cm³/mol. The molecule has 0 heterocycles. The first-order valence-electron chi connectivity index (χ1n) is 5.90. The van der Waals surface area contributed by atoms with Gasteiger partial charge in [0.05, 0.1) is 5.69 Å². The van der Waals surface area contributed by atoms with Crippen LogP contribution in [-0.2, 0) is 0 Å². The zero-order chi connectivity index (χ0) is 12.4. The molecule has 4 heteroatoms. The van der Waals surface area contributed by atoms with Gasteiger partial charge in [-0.1, -0.05) is 6.07 Å². The van der Waals surface area contributed by atoms with Gasteiger partial charge in [-0.05, 0) is 66.2 Å². The van der Waals surface area contributed by atoms with Crippen LogP contribution in [0.15, 0.2) is 16.6 Å². The van der Waals surface area contributed by atoms with Crippen LogP contribution in [-0.4, -0.2) is 12.1 Å². The van der Waals surface area contributed by atoms with Crippen LogP contribution in [0.5, 0.6) is 0 Å². The average molecular weight is 297 g/mol. The number of urea groups is 1. The van der Waals surface area contributed by atoms with Crippen molar-refractivity contribution in [1.29, 1.82) is 0 Å². The van der Waals surface area contributed by atoms with Crippen molar-refractivity contribution in [2.24, 2.45) is 0 Å². The lowest BCUT2D eigenvalue weighted by Crippen LogP contribution is -2.42. The molecular formula is C13H17BrN2O. The van der Waals surface area contributed by atoms with E-state index in [-0.39, 0.29) is 6.03 Å². The Bertz CT molecular complexity index is 418. The molecule has 0 spiro atoms. The van der Waals surface area contributed by atoms with Gasteiger partial charge in [-0.15, -0.1) is 0 Å². The zero-order valence-electron chi connectivity index (χ0n) is 10.1. The highest BCUT2D eigenvalue weighted by Gasteiger charge is 2.19. The van der Waals surface area contributed by atoms with Crippen LogP contribution in [0.4, 0.5) is 10.5 Å². The van der Waals surface area contributed by atoms with E-state index in [1.807, 2.05) is 19.9 Å². The summed E-state index contributed by atoms with van der Waals surface area (Å²) in [7, 11) is 0. The third-order valence-corrected chi connectivity index (χ3v) is 3.74. The van der Waals surface area contributed by atoms with E-state index in [0.717, 1.165) is 28.6 Å². The number of halogens is 1. The second-order valence-corrected chi connectivity index (χ2v) is 5.52. The first-order valence-corrected chi connectivity index (χ1v) is 6.70. The molecule has 2 rings (SSSR count). The van der Waals surface area contributed by atoms with E-state index in [0.29, 0.717) is 6.04 Å². The van der Waals surface area contributed by atoms with Gasteiger partial charge in [0.2, 0.25) is 0 Å². The Morgan fingerprint density at radius 2 is 2.06 bits per heavy atom. The molecule has 1 aliphatic carbocycles. The van der Waals surface area contributed by atoms with Gasteiger partial charge in [0.15, 0.2) is 0 Å². The molecule has 0 aromatic heterocycles. The van der Waals surface area contributed by atoms with Crippen molar-refractivity contribution in [3.05, 3.63) is 27.7 Å². The largest absolute Gasteiger partial charge is 0.335 e. The number of rotatable bonds is 2. The Balaban J connectivity index is 2.04. The van der Waals surface area contributed by atoms with Gasteiger partial charge < -0.3 is 10.6 Å². The summed E-state index contributed by atoms with van der Waals surface area (Å²) in [5.74, 6) is 0. The molecule has 0 atom stereocenters. The third kappa shape index (κ3) is 3.00. The van der Waals surface area contributed by atoms with E-state index in [1.54, 1.807) is 0 Å². The van der Waals surface area contributed by atoms with Gasteiger partial charge >= 0.3 is 6.03 Å². The van der Waals surface area contributed by atoms with E-state index in [2.05, 4.69) is 32.6 Å². The summed E-state index contributed by atoms with van der Waals surface area (Å²) in [6.45, 7) is 4.03. The molecule has 2 amide bonds. The minimum Gasteiger partial charge on any atom is -0.335 e.